The van der Waals surface area contributed by atoms with Gasteiger partial charge >= 0.3 is 6.18 Å². The second-order valence-corrected chi connectivity index (χ2v) is 12.8. The largest absolute Gasteiger partial charge is 0.490 e. The van der Waals surface area contributed by atoms with Gasteiger partial charge in [-0.2, -0.15) is 18.4 Å². The highest BCUT2D eigenvalue weighted by Crippen LogP contribution is 2.49. The van der Waals surface area contributed by atoms with Crippen LogP contribution in [0.3, 0.4) is 0 Å². The van der Waals surface area contributed by atoms with E-state index in [1.165, 1.54) is 6.07 Å². The molecular formula is C30H34F3N5O3S. The van der Waals surface area contributed by atoms with E-state index in [0.717, 1.165) is 50.0 Å². The number of thiol groups is 1. The molecule has 0 bridgehead atoms. The van der Waals surface area contributed by atoms with Crippen molar-refractivity contribution in [2.24, 2.45) is 5.41 Å². The van der Waals surface area contributed by atoms with Crippen molar-refractivity contribution in [3.05, 3.63) is 47.8 Å². The van der Waals surface area contributed by atoms with Crippen LogP contribution >= 0.6 is 12.6 Å². The summed E-state index contributed by atoms with van der Waals surface area (Å²) in [5.41, 5.74) is -4.09. The summed E-state index contributed by atoms with van der Waals surface area (Å²) in [6.07, 6.45) is -0.406. The van der Waals surface area contributed by atoms with Crippen LogP contribution in [-0.4, -0.2) is 58.3 Å². The number of anilines is 2. The number of ether oxygens (including phenoxy) is 1. The minimum atomic E-state index is -4.86. The van der Waals surface area contributed by atoms with E-state index < -0.39 is 34.4 Å². The first-order valence-corrected chi connectivity index (χ1v) is 14.6. The molecule has 1 aromatic carbocycles. The van der Waals surface area contributed by atoms with Gasteiger partial charge in [0.25, 0.3) is 5.91 Å². The zero-order valence-electron chi connectivity index (χ0n) is 23.8. The number of rotatable bonds is 6. The van der Waals surface area contributed by atoms with Gasteiger partial charge in [0, 0.05) is 25.2 Å². The number of nitrogens with zero attached hydrogens (tertiary/aromatic N) is 5. The van der Waals surface area contributed by atoms with Crippen molar-refractivity contribution in [1.29, 1.82) is 5.26 Å². The number of carbonyl (C=O) groups is 2. The van der Waals surface area contributed by atoms with Gasteiger partial charge in [-0.1, -0.05) is 20.8 Å². The smallest absolute Gasteiger partial charge is 0.419 e. The van der Waals surface area contributed by atoms with E-state index >= 15 is 0 Å². The van der Waals surface area contributed by atoms with Crippen LogP contribution < -0.4 is 14.5 Å². The van der Waals surface area contributed by atoms with E-state index in [9.17, 15) is 22.8 Å². The average Bonchev–Trinajstić information content (AvgIpc) is 3.19. The molecule has 42 heavy (non-hydrogen) atoms. The van der Waals surface area contributed by atoms with Gasteiger partial charge in [0.15, 0.2) is 22.5 Å². The summed E-state index contributed by atoms with van der Waals surface area (Å²) in [6.45, 7) is 9.74. The Kier molecular flexibility index (Phi) is 7.96. The number of pyridine rings is 1. The van der Waals surface area contributed by atoms with Gasteiger partial charge in [0.05, 0.1) is 17.4 Å². The third-order valence-corrected chi connectivity index (χ3v) is 8.78. The molecule has 12 heteroatoms. The predicted molar refractivity (Wildman–Crippen MR) is 154 cm³/mol. The third-order valence-electron chi connectivity index (χ3n) is 8.31. The monoisotopic (exact) mass is 601 g/mol. The standard InChI is InChI=1S/C30H34F3N5O3S/c1-28(2,3)12-15-36-13-9-22(10-14-36)41-21-6-4-19(5-7-21)38-27(42)37(26(40)29(38)11-8-25(29)39)20-16-23(30(31,32)33)24(17-34)35-18-20/h4-7,16,18,22,27,42H,8-15H2,1-3H3. The highest BCUT2D eigenvalue weighted by atomic mass is 32.1. The molecule has 0 N–H and O–H groups in total. The number of hydrogen-bond acceptors (Lipinski definition) is 8. The molecule has 2 unspecified atom stereocenters. The molecule has 2 aromatic rings. The van der Waals surface area contributed by atoms with E-state index in [1.54, 1.807) is 29.2 Å². The highest BCUT2D eigenvalue weighted by molar-refractivity contribution is 7.81. The average molecular weight is 602 g/mol. The third kappa shape index (κ3) is 5.56. The second-order valence-electron chi connectivity index (χ2n) is 12.3. The second kappa shape index (κ2) is 11.1. The Hall–Kier alpha value is -3.30. The van der Waals surface area contributed by atoms with Gasteiger partial charge in [-0.3, -0.25) is 14.5 Å². The Morgan fingerprint density at radius 3 is 2.31 bits per heavy atom. The molecule has 0 radical (unpaired) electrons. The van der Waals surface area contributed by atoms with Crippen molar-refractivity contribution in [2.45, 2.75) is 76.2 Å². The zero-order chi connectivity index (χ0) is 30.4. The molecule has 3 aliphatic rings. The van der Waals surface area contributed by atoms with Gasteiger partial charge in [-0.15, -0.1) is 12.6 Å². The van der Waals surface area contributed by atoms with Crippen LogP contribution in [0, 0.1) is 16.7 Å². The van der Waals surface area contributed by atoms with Crippen LogP contribution in [0.15, 0.2) is 36.5 Å². The summed E-state index contributed by atoms with van der Waals surface area (Å²) >= 11 is 4.61. The van der Waals surface area contributed by atoms with E-state index in [4.69, 9.17) is 10.00 Å². The summed E-state index contributed by atoms with van der Waals surface area (Å²) in [6, 6.07) is 9.16. The van der Waals surface area contributed by atoms with Gasteiger partial charge in [0.2, 0.25) is 0 Å². The summed E-state index contributed by atoms with van der Waals surface area (Å²) in [4.78, 5) is 35.4. The minimum Gasteiger partial charge on any atom is -0.490 e. The normalized spacial score (nSPS) is 23.8. The fraction of sp³-hybridized carbons (Fsp3) is 0.533. The maximum absolute atomic E-state index is 13.7. The van der Waals surface area contributed by atoms with Crippen molar-refractivity contribution in [3.8, 4) is 11.8 Å². The van der Waals surface area contributed by atoms with Crippen LogP contribution in [0.1, 0.15) is 64.1 Å². The molecule has 3 heterocycles. The summed E-state index contributed by atoms with van der Waals surface area (Å²) in [5.74, 6) is -0.341. The Morgan fingerprint density at radius 2 is 1.79 bits per heavy atom. The lowest BCUT2D eigenvalue weighted by Crippen LogP contribution is -2.62. The molecule has 224 valence electrons. The number of benzene rings is 1. The van der Waals surface area contributed by atoms with Crippen molar-refractivity contribution >= 4 is 35.7 Å². The molecule has 1 aromatic heterocycles. The van der Waals surface area contributed by atoms with E-state index in [1.807, 2.05) is 0 Å². The van der Waals surface area contributed by atoms with E-state index in [0.29, 0.717) is 22.9 Å². The molecule has 2 atom stereocenters. The maximum atomic E-state index is 13.7. The molecule has 1 spiro atoms. The van der Waals surface area contributed by atoms with Crippen LogP contribution in [0.25, 0.3) is 0 Å². The van der Waals surface area contributed by atoms with Gasteiger partial charge < -0.3 is 14.5 Å². The van der Waals surface area contributed by atoms with Crippen LogP contribution in [-0.2, 0) is 15.8 Å². The summed E-state index contributed by atoms with van der Waals surface area (Å²) < 4.78 is 47.2. The SMILES string of the molecule is CC(C)(C)CCN1CCC(Oc2ccc(N3C(S)N(c4cnc(C#N)c(C(F)(F)F)c4)C(=O)C34CCC4=O)cc2)CC1. The molecule has 2 aliphatic heterocycles. The van der Waals surface area contributed by atoms with Crippen molar-refractivity contribution < 1.29 is 27.5 Å². The lowest BCUT2D eigenvalue weighted by Gasteiger charge is -2.42. The van der Waals surface area contributed by atoms with Crippen LogP contribution in [0.2, 0.25) is 0 Å². The lowest BCUT2D eigenvalue weighted by molar-refractivity contribution is -0.140. The van der Waals surface area contributed by atoms with Crippen molar-refractivity contribution in [2.75, 3.05) is 29.4 Å². The molecule has 2 saturated heterocycles. The van der Waals surface area contributed by atoms with Gasteiger partial charge in [-0.25, -0.2) is 4.98 Å². The molecule has 1 aliphatic carbocycles. The number of aromatic nitrogens is 1. The van der Waals surface area contributed by atoms with Gasteiger partial charge in [0.1, 0.15) is 17.9 Å². The van der Waals surface area contributed by atoms with Crippen LogP contribution in [0.5, 0.6) is 5.75 Å². The molecule has 1 saturated carbocycles. The quantitative estimate of drug-likeness (QED) is 0.349. The van der Waals surface area contributed by atoms with E-state index in [2.05, 4.69) is 43.3 Å². The molecule has 8 nitrogen and oxygen atoms in total. The molecular weight excluding hydrogens is 567 g/mol. The number of nitriles is 1. The molecule has 3 fully saturated rings. The molecule has 5 rings (SSSR count). The van der Waals surface area contributed by atoms with Gasteiger partial charge in [-0.05, 0) is 68.0 Å². The van der Waals surface area contributed by atoms with Crippen LogP contribution in [0.4, 0.5) is 24.5 Å². The fourth-order valence-corrected chi connectivity index (χ4v) is 6.35. The first-order valence-electron chi connectivity index (χ1n) is 14.1. The number of carbonyl (C=O) groups excluding carboxylic acids is 2. The Bertz CT molecular complexity index is 1400. The Labute approximate surface area is 248 Å². The lowest BCUT2D eigenvalue weighted by atomic mass is 9.73. The number of likely N-dealkylation sites (tertiary alicyclic amines) is 1. The number of alkyl halides is 3. The Morgan fingerprint density at radius 1 is 1.12 bits per heavy atom. The number of ketones is 1. The number of halogens is 3. The zero-order valence-corrected chi connectivity index (χ0v) is 24.7. The van der Waals surface area contributed by atoms with Crippen molar-refractivity contribution in [1.82, 2.24) is 9.88 Å². The van der Waals surface area contributed by atoms with Crippen molar-refractivity contribution in [3.63, 3.8) is 0 Å². The number of piperidine rings is 1. The number of hydrogen-bond donors (Lipinski definition) is 1. The highest BCUT2D eigenvalue weighted by Gasteiger charge is 2.66. The summed E-state index contributed by atoms with van der Waals surface area (Å²) in [5, 5.41) is 9.11. The van der Waals surface area contributed by atoms with E-state index in [-0.39, 0.29) is 30.4 Å². The maximum Gasteiger partial charge on any atom is 0.419 e. The predicted octanol–water partition coefficient (Wildman–Crippen LogP) is 5.42. The fourth-order valence-electron chi connectivity index (χ4n) is 5.78. The minimum absolute atomic E-state index is 0.0782. The number of Topliss-reactive ketones (excluding diaryl/α,β-unsaturated/α-hetero) is 1. The Balaban J connectivity index is 1.33. The first kappa shape index (κ1) is 30.2. The molecule has 1 amide bonds. The summed E-state index contributed by atoms with van der Waals surface area (Å²) in [7, 11) is 0. The topological polar surface area (TPSA) is 89.8 Å². The first-order chi connectivity index (χ1) is 19.7. The number of amides is 1.